The van der Waals surface area contributed by atoms with Crippen LogP contribution in [-0.2, 0) is 0 Å². The summed E-state index contributed by atoms with van der Waals surface area (Å²) in [6, 6.07) is 20.9. The monoisotopic (exact) mass is 487 g/mol. The van der Waals surface area contributed by atoms with E-state index in [0.717, 1.165) is 26.5 Å². The fraction of sp³-hybridized carbons (Fsp3) is 0.0417. The van der Waals surface area contributed by atoms with Crippen LogP contribution in [0.2, 0.25) is 0 Å². The fourth-order valence-electron chi connectivity index (χ4n) is 3.59. The van der Waals surface area contributed by atoms with E-state index in [4.69, 9.17) is 18.1 Å². The molecule has 0 N–H and O–H groups in total. The van der Waals surface area contributed by atoms with E-state index in [1.54, 1.807) is 7.11 Å². The summed E-state index contributed by atoms with van der Waals surface area (Å²) >= 11 is 3.43. The second-order valence-electron chi connectivity index (χ2n) is 7.10. The molecule has 0 spiro atoms. The van der Waals surface area contributed by atoms with E-state index >= 15 is 0 Å². The van der Waals surface area contributed by atoms with Crippen LogP contribution in [0.25, 0.3) is 56.4 Å². The highest BCUT2D eigenvalue weighted by Crippen LogP contribution is 2.42. The fourth-order valence-corrected chi connectivity index (χ4v) is 3.85. The maximum Gasteiger partial charge on any atom is 0.298 e. The van der Waals surface area contributed by atoms with Crippen LogP contribution in [0.5, 0.6) is 5.95 Å². The van der Waals surface area contributed by atoms with Gasteiger partial charge in [0, 0.05) is 21.0 Å². The first-order valence-electron chi connectivity index (χ1n) is 9.76. The van der Waals surface area contributed by atoms with Gasteiger partial charge in [-0.25, -0.2) is 4.98 Å². The summed E-state index contributed by atoms with van der Waals surface area (Å²) in [7, 11) is 1.55. The lowest BCUT2D eigenvalue weighted by molar-refractivity contribution is 0.316. The average Bonchev–Trinajstić information content (AvgIpc) is 3.54. The lowest BCUT2D eigenvalue weighted by Crippen LogP contribution is -1.85. The number of para-hydroxylation sites is 2. The number of ether oxygens (including phenoxy) is 1. The zero-order chi connectivity index (χ0) is 21.7. The van der Waals surface area contributed by atoms with E-state index in [2.05, 4.69) is 31.1 Å². The minimum absolute atomic E-state index is 0.326. The molecule has 0 saturated carbocycles. The number of fused-ring (bicyclic) bond motifs is 2. The minimum atomic E-state index is 0.326. The minimum Gasteiger partial charge on any atom is -0.468 e. The molecule has 0 unspecified atom stereocenters. The summed E-state index contributed by atoms with van der Waals surface area (Å²) < 4.78 is 23.8. The van der Waals surface area contributed by atoms with E-state index in [1.165, 1.54) is 0 Å². The molecule has 32 heavy (non-hydrogen) atoms. The number of hydrogen-bond donors (Lipinski definition) is 0. The van der Waals surface area contributed by atoms with E-state index < -0.39 is 0 Å². The highest BCUT2D eigenvalue weighted by atomic mass is 79.9. The first-order valence-corrected chi connectivity index (χ1v) is 10.6. The zero-order valence-corrected chi connectivity index (χ0v) is 18.3. The van der Waals surface area contributed by atoms with Crippen molar-refractivity contribution in [1.82, 2.24) is 15.1 Å². The van der Waals surface area contributed by atoms with Crippen LogP contribution in [0.1, 0.15) is 0 Å². The molecule has 156 valence electrons. The number of methoxy groups -OCH3 is 1. The molecule has 0 aliphatic rings. The van der Waals surface area contributed by atoms with Crippen LogP contribution >= 0.6 is 15.9 Å². The van der Waals surface area contributed by atoms with Crippen LogP contribution in [-0.4, -0.2) is 22.2 Å². The molecule has 8 heteroatoms. The molecule has 0 bridgehead atoms. The molecule has 0 fully saturated rings. The number of halogens is 1. The van der Waals surface area contributed by atoms with Crippen molar-refractivity contribution in [2.24, 2.45) is 0 Å². The van der Waals surface area contributed by atoms with Crippen LogP contribution in [0.3, 0.4) is 0 Å². The van der Waals surface area contributed by atoms with E-state index in [0.29, 0.717) is 40.3 Å². The number of hydrogen-bond acceptors (Lipinski definition) is 7. The Morgan fingerprint density at radius 2 is 1.62 bits per heavy atom. The summed E-state index contributed by atoms with van der Waals surface area (Å²) in [5.41, 5.74) is 4.33. The average molecular weight is 488 g/mol. The van der Waals surface area contributed by atoms with Gasteiger partial charge in [0.15, 0.2) is 5.58 Å². The molecule has 6 aromatic rings. The number of nitrogens with zero attached hydrogens (tertiary/aromatic N) is 3. The Balaban J connectivity index is 1.47. The quantitative estimate of drug-likeness (QED) is 0.272. The molecule has 3 aromatic heterocycles. The van der Waals surface area contributed by atoms with Gasteiger partial charge in [-0.15, -0.1) is 0 Å². The maximum atomic E-state index is 5.98. The SMILES string of the molecule is COc1oc2ccc(-c3noc(-c4ccc(Br)cc4)n3)cc2c1-c1nc2ccccc2o1. The van der Waals surface area contributed by atoms with Crippen molar-refractivity contribution in [2.45, 2.75) is 0 Å². The van der Waals surface area contributed by atoms with Crippen molar-refractivity contribution in [3.63, 3.8) is 0 Å². The van der Waals surface area contributed by atoms with Crippen molar-refractivity contribution < 1.29 is 18.1 Å². The van der Waals surface area contributed by atoms with Gasteiger partial charge in [0.2, 0.25) is 11.7 Å². The lowest BCUT2D eigenvalue weighted by atomic mass is 10.1. The van der Waals surface area contributed by atoms with Gasteiger partial charge in [-0.2, -0.15) is 4.98 Å². The molecule has 6 rings (SSSR count). The van der Waals surface area contributed by atoms with Crippen LogP contribution in [0, 0.1) is 0 Å². The van der Waals surface area contributed by atoms with Crippen LogP contribution < -0.4 is 4.74 Å². The van der Waals surface area contributed by atoms with Crippen molar-refractivity contribution in [3.8, 4) is 40.2 Å². The molecule has 0 aliphatic carbocycles. The second kappa shape index (κ2) is 7.35. The van der Waals surface area contributed by atoms with Crippen molar-refractivity contribution in [2.75, 3.05) is 7.11 Å². The highest BCUT2D eigenvalue weighted by molar-refractivity contribution is 9.10. The molecule has 0 radical (unpaired) electrons. The van der Waals surface area contributed by atoms with Crippen LogP contribution in [0.4, 0.5) is 0 Å². The summed E-state index contributed by atoms with van der Waals surface area (Å²) in [4.78, 5) is 9.16. The predicted octanol–water partition coefficient (Wildman–Crippen LogP) is 6.73. The molecule has 7 nitrogen and oxygen atoms in total. The first-order chi connectivity index (χ1) is 15.7. The molecule has 0 saturated heterocycles. The Hall–Kier alpha value is -3.91. The maximum absolute atomic E-state index is 5.98. The molecular formula is C24H14BrN3O4. The molecular weight excluding hydrogens is 474 g/mol. The predicted molar refractivity (Wildman–Crippen MR) is 122 cm³/mol. The van der Waals surface area contributed by atoms with Gasteiger partial charge in [0.05, 0.1) is 7.11 Å². The Labute approximate surface area is 189 Å². The van der Waals surface area contributed by atoms with Gasteiger partial charge < -0.3 is 18.1 Å². The first kappa shape index (κ1) is 18.8. The van der Waals surface area contributed by atoms with Gasteiger partial charge in [-0.05, 0) is 54.6 Å². The third-order valence-corrected chi connectivity index (χ3v) is 5.65. The lowest BCUT2D eigenvalue weighted by Gasteiger charge is -1.97. The van der Waals surface area contributed by atoms with Gasteiger partial charge in [0.25, 0.3) is 11.8 Å². The number of aromatic nitrogens is 3. The van der Waals surface area contributed by atoms with E-state index in [1.807, 2.05) is 66.7 Å². The Morgan fingerprint density at radius 3 is 2.44 bits per heavy atom. The summed E-state index contributed by atoms with van der Waals surface area (Å²) in [5, 5.41) is 4.94. The number of benzene rings is 3. The topological polar surface area (TPSA) is 87.3 Å². The largest absolute Gasteiger partial charge is 0.468 e. The molecule has 0 atom stereocenters. The Bertz CT molecular complexity index is 1550. The van der Waals surface area contributed by atoms with Crippen molar-refractivity contribution in [3.05, 3.63) is 71.2 Å². The van der Waals surface area contributed by atoms with Crippen molar-refractivity contribution in [1.29, 1.82) is 0 Å². The van der Waals surface area contributed by atoms with Gasteiger partial charge in [0.1, 0.15) is 16.7 Å². The van der Waals surface area contributed by atoms with Crippen LogP contribution in [0.15, 0.2) is 84.6 Å². The van der Waals surface area contributed by atoms with Gasteiger partial charge >= 0.3 is 0 Å². The molecule has 3 aromatic carbocycles. The zero-order valence-electron chi connectivity index (χ0n) is 16.7. The summed E-state index contributed by atoms with van der Waals surface area (Å²) in [6.45, 7) is 0. The second-order valence-corrected chi connectivity index (χ2v) is 8.01. The molecule has 3 heterocycles. The third-order valence-electron chi connectivity index (χ3n) is 5.12. The van der Waals surface area contributed by atoms with Gasteiger partial charge in [-0.1, -0.05) is 33.2 Å². The normalized spacial score (nSPS) is 11.4. The van der Waals surface area contributed by atoms with Gasteiger partial charge in [-0.3, -0.25) is 0 Å². The Morgan fingerprint density at radius 1 is 0.812 bits per heavy atom. The Kier molecular flexibility index (Phi) is 4.32. The summed E-state index contributed by atoms with van der Waals surface area (Å²) in [5.74, 6) is 1.65. The summed E-state index contributed by atoms with van der Waals surface area (Å²) in [6.07, 6.45) is 0. The van der Waals surface area contributed by atoms with E-state index in [-0.39, 0.29) is 0 Å². The molecule has 0 amide bonds. The third kappa shape index (κ3) is 3.07. The van der Waals surface area contributed by atoms with E-state index in [9.17, 15) is 0 Å². The van der Waals surface area contributed by atoms with Crippen molar-refractivity contribution >= 4 is 38.0 Å². The number of rotatable bonds is 4. The number of furan rings is 1. The smallest absolute Gasteiger partial charge is 0.298 e. The standard InChI is InChI=1S/C24H14BrN3O4/c1-29-24-20(23-26-17-4-2-3-5-19(17)30-23)16-12-14(8-11-18(16)31-24)21-27-22(32-28-21)13-6-9-15(25)10-7-13/h2-12H,1H3. The number of oxazole rings is 1. The molecule has 0 aliphatic heterocycles. The highest BCUT2D eigenvalue weighted by Gasteiger charge is 2.23.